The molecule has 3 heterocycles. The number of hydrogen-bond acceptors (Lipinski definition) is 8. The Labute approximate surface area is 199 Å². The van der Waals surface area contributed by atoms with Gasteiger partial charge in [-0.25, -0.2) is 22.5 Å². The van der Waals surface area contributed by atoms with Crippen LogP contribution in [0.25, 0.3) is 11.3 Å². The van der Waals surface area contributed by atoms with Gasteiger partial charge < -0.3 is 19.7 Å². The average Bonchev–Trinajstić information content (AvgIpc) is 3.47. The molecular weight excluding hydrogens is 469 g/mol. The van der Waals surface area contributed by atoms with Crippen molar-refractivity contribution in [3.63, 3.8) is 0 Å². The Kier molecular flexibility index (Phi) is 6.95. The summed E-state index contributed by atoms with van der Waals surface area (Å²) >= 11 is 0. The first kappa shape index (κ1) is 25.2. The van der Waals surface area contributed by atoms with Crippen molar-refractivity contribution in [2.24, 2.45) is 0 Å². The van der Waals surface area contributed by atoms with E-state index in [1.165, 1.54) is 18.0 Å². The molecule has 0 radical (unpaired) electrons. The van der Waals surface area contributed by atoms with Crippen molar-refractivity contribution >= 4 is 0 Å². The molecule has 1 aliphatic heterocycles. The van der Waals surface area contributed by atoms with E-state index >= 15 is 0 Å². The summed E-state index contributed by atoms with van der Waals surface area (Å²) in [6.45, 7) is 5.74. The van der Waals surface area contributed by atoms with Gasteiger partial charge in [-0.3, -0.25) is 0 Å². The van der Waals surface area contributed by atoms with E-state index in [1.807, 2.05) is 20.8 Å². The van der Waals surface area contributed by atoms with Crippen LogP contribution in [0.2, 0.25) is 0 Å². The number of ether oxygens (including phenoxy) is 2. The second-order valence-corrected chi connectivity index (χ2v) is 9.49. The number of methoxy groups -OCH3 is 1. The van der Waals surface area contributed by atoms with Gasteiger partial charge in [0.15, 0.2) is 17.5 Å². The Balaban J connectivity index is 1.65. The largest absolute Gasteiger partial charge is 0.394 e. The van der Waals surface area contributed by atoms with Crippen molar-refractivity contribution in [2.45, 2.75) is 63.2 Å². The van der Waals surface area contributed by atoms with Crippen LogP contribution < -0.4 is 0 Å². The van der Waals surface area contributed by atoms with Gasteiger partial charge in [0.2, 0.25) is 0 Å². The predicted molar refractivity (Wildman–Crippen MR) is 116 cm³/mol. The Morgan fingerprint density at radius 2 is 1.74 bits per heavy atom. The van der Waals surface area contributed by atoms with Crippen LogP contribution in [0, 0.1) is 17.5 Å². The highest BCUT2D eigenvalue weighted by Gasteiger charge is 2.47. The number of benzene rings is 1. The van der Waals surface area contributed by atoms with E-state index in [0.29, 0.717) is 0 Å². The van der Waals surface area contributed by atoms with Crippen molar-refractivity contribution < 1.29 is 32.9 Å². The molecule has 2 N–H and O–H groups in total. The standard InChI is InChI=1S/C22H27F3N6O4/c1-22(2,3)17-9-30(28-27-17)8-15-21(34-4)19(20(33)16(10-32)35-15)31-7-14(26-29-31)11-5-12(23)18(25)13(24)6-11/h5-7,9,15-16,19-21,32-33H,8,10H2,1-4H3/t15-,16-,19+,20+,21+/m1/s1. The zero-order valence-electron chi connectivity index (χ0n) is 19.6. The maximum atomic E-state index is 13.7. The summed E-state index contributed by atoms with van der Waals surface area (Å²) < 4.78 is 55.2. The lowest BCUT2D eigenvalue weighted by Gasteiger charge is -2.43. The monoisotopic (exact) mass is 496 g/mol. The molecule has 190 valence electrons. The van der Waals surface area contributed by atoms with E-state index in [2.05, 4.69) is 20.6 Å². The molecule has 1 saturated heterocycles. The minimum Gasteiger partial charge on any atom is -0.394 e. The number of aliphatic hydroxyl groups excluding tert-OH is 2. The Morgan fingerprint density at radius 3 is 2.31 bits per heavy atom. The molecule has 4 rings (SSSR count). The highest BCUT2D eigenvalue weighted by Crippen LogP contribution is 2.33. The van der Waals surface area contributed by atoms with Gasteiger partial charge in [0.1, 0.15) is 36.2 Å². The van der Waals surface area contributed by atoms with E-state index in [1.54, 1.807) is 10.9 Å². The van der Waals surface area contributed by atoms with Gasteiger partial charge in [-0.15, -0.1) is 10.2 Å². The number of aliphatic hydroxyl groups is 2. The van der Waals surface area contributed by atoms with Crippen LogP contribution in [0.1, 0.15) is 32.5 Å². The number of rotatable bonds is 6. The number of halogens is 3. The molecule has 1 fully saturated rings. The SMILES string of the molecule is CO[C@@H]1[C@@H](n2cc(-c3cc(F)c(F)c(F)c3)nn2)[C@@H](O)[C@@H](CO)O[C@@H]1Cn1cc(C(C)(C)C)nn1. The molecule has 1 aliphatic rings. The molecule has 1 aromatic carbocycles. The zero-order chi connectivity index (χ0) is 25.5. The molecule has 0 unspecified atom stereocenters. The van der Waals surface area contributed by atoms with Crippen LogP contribution in [0.5, 0.6) is 0 Å². The fourth-order valence-corrected chi connectivity index (χ4v) is 4.09. The van der Waals surface area contributed by atoms with Gasteiger partial charge in [0, 0.05) is 24.3 Å². The molecule has 0 amide bonds. The van der Waals surface area contributed by atoms with Crippen LogP contribution >= 0.6 is 0 Å². The Hall–Kier alpha value is -2.87. The summed E-state index contributed by atoms with van der Waals surface area (Å²) in [5.41, 5.74) is 0.585. The summed E-state index contributed by atoms with van der Waals surface area (Å²) in [5, 5.41) is 37.0. The quantitative estimate of drug-likeness (QED) is 0.494. The van der Waals surface area contributed by atoms with Crippen molar-refractivity contribution in [1.82, 2.24) is 30.0 Å². The van der Waals surface area contributed by atoms with E-state index < -0.39 is 54.5 Å². The zero-order valence-corrected chi connectivity index (χ0v) is 19.6. The Bertz CT molecular complexity index is 1160. The second-order valence-electron chi connectivity index (χ2n) is 9.49. The highest BCUT2D eigenvalue weighted by molar-refractivity contribution is 5.57. The van der Waals surface area contributed by atoms with Crippen molar-refractivity contribution in [3.8, 4) is 11.3 Å². The van der Waals surface area contributed by atoms with Gasteiger partial charge >= 0.3 is 0 Å². The maximum absolute atomic E-state index is 13.7. The third kappa shape index (κ3) is 4.94. The van der Waals surface area contributed by atoms with Gasteiger partial charge in [-0.2, -0.15) is 0 Å². The van der Waals surface area contributed by atoms with Gasteiger partial charge in [0.25, 0.3) is 0 Å². The first-order chi connectivity index (χ1) is 16.5. The van der Waals surface area contributed by atoms with Crippen molar-refractivity contribution in [2.75, 3.05) is 13.7 Å². The van der Waals surface area contributed by atoms with Crippen LogP contribution in [0.3, 0.4) is 0 Å². The lowest BCUT2D eigenvalue weighted by atomic mass is 9.92. The number of aromatic nitrogens is 6. The third-order valence-corrected chi connectivity index (χ3v) is 6.00. The smallest absolute Gasteiger partial charge is 0.194 e. The summed E-state index contributed by atoms with van der Waals surface area (Å²) in [4.78, 5) is 0. The van der Waals surface area contributed by atoms with Crippen LogP contribution in [0.15, 0.2) is 24.5 Å². The second kappa shape index (κ2) is 9.64. The maximum Gasteiger partial charge on any atom is 0.194 e. The van der Waals surface area contributed by atoms with Crippen molar-refractivity contribution in [1.29, 1.82) is 0 Å². The van der Waals surface area contributed by atoms with E-state index in [4.69, 9.17) is 9.47 Å². The van der Waals surface area contributed by atoms with Crippen molar-refractivity contribution in [3.05, 3.63) is 47.7 Å². The minimum atomic E-state index is -1.59. The van der Waals surface area contributed by atoms with E-state index in [-0.39, 0.29) is 23.2 Å². The third-order valence-electron chi connectivity index (χ3n) is 6.00. The molecule has 0 saturated carbocycles. The number of hydrogen-bond donors (Lipinski definition) is 2. The average molecular weight is 496 g/mol. The predicted octanol–water partition coefficient (Wildman–Crippen LogP) is 1.63. The van der Waals surface area contributed by atoms with Gasteiger partial charge in [-0.1, -0.05) is 31.2 Å². The van der Waals surface area contributed by atoms with E-state index in [0.717, 1.165) is 17.8 Å². The molecule has 5 atom stereocenters. The normalized spacial score (nSPS) is 25.2. The fourth-order valence-electron chi connectivity index (χ4n) is 4.09. The molecule has 35 heavy (non-hydrogen) atoms. The first-order valence-corrected chi connectivity index (χ1v) is 11.0. The summed E-state index contributed by atoms with van der Waals surface area (Å²) in [5.74, 6) is -4.31. The van der Waals surface area contributed by atoms with Gasteiger partial charge in [0.05, 0.1) is 25.0 Å². The summed E-state index contributed by atoms with van der Waals surface area (Å²) in [6, 6.07) is 0.730. The molecule has 0 aliphatic carbocycles. The molecule has 0 spiro atoms. The van der Waals surface area contributed by atoms with Crippen LogP contribution in [0.4, 0.5) is 13.2 Å². The van der Waals surface area contributed by atoms with Gasteiger partial charge in [-0.05, 0) is 12.1 Å². The lowest BCUT2D eigenvalue weighted by molar-refractivity contribution is -0.216. The fraction of sp³-hybridized carbons (Fsp3) is 0.545. The van der Waals surface area contributed by atoms with E-state index in [9.17, 15) is 23.4 Å². The molecule has 0 bridgehead atoms. The number of nitrogens with zero attached hydrogens (tertiary/aromatic N) is 6. The van der Waals surface area contributed by atoms with Crippen LogP contribution in [-0.4, -0.2) is 78.3 Å². The summed E-state index contributed by atoms with van der Waals surface area (Å²) in [6.07, 6.45) is -0.529. The summed E-state index contributed by atoms with van der Waals surface area (Å²) in [7, 11) is 1.44. The molecule has 13 heteroatoms. The minimum absolute atomic E-state index is 0.0317. The van der Waals surface area contributed by atoms with Crippen LogP contribution in [-0.2, 0) is 21.4 Å². The molecule has 10 nitrogen and oxygen atoms in total. The first-order valence-electron chi connectivity index (χ1n) is 11.0. The lowest BCUT2D eigenvalue weighted by Crippen LogP contribution is -2.57. The molecule has 3 aromatic rings. The molecular formula is C22H27F3N6O4. The Morgan fingerprint density at radius 1 is 1.06 bits per heavy atom. The highest BCUT2D eigenvalue weighted by atomic mass is 19.2. The topological polar surface area (TPSA) is 120 Å². The molecule has 2 aromatic heterocycles.